The Morgan fingerprint density at radius 1 is 1.11 bits per heavy atom. The van der Waals surface area contributed by atoms with E-state index in [0.29, 0.717) is 18.5 Å². The average molecular weight is 364 g/mol. The zero-order chi connectivity index (χ0) is 19.2. The predicted octanol–water partition coefficient (Wildman–Crippen LogP) is 4.58. The van der Waals surface area contributed by atoms with Crippen molar-refractivity contribution in [3.05, 3.63) is 53.5 Å². The van der Waals surface area contributed by atoms with Gasteiger partial charge < -0.3 is 5.32 Å². The monoisotopic (exact) mass is 364 g/mol. The number of nitrogens with one attached hydrogen (secondary N) is 1. The third-order valence-electron chi connectivity index (χ3n) is 4.88. The summed E-state index contributed by atoms with van der Waals surface area (Å²) >= 11 is 0. The lowest BCUT2D eigenvalue weighted by Crippen LogP contribution is -2.26. The fraction of sp³-hybridized carbons (Fsp3) is 0.409. The van der Waals surface area contributed by atoms with Gasteiger partial charge in [-0.1, -0.05) is 63.4 Å². The Morgan fingerprint density at radius 2 is 1.89 bits per heavy atom. The molecule has 0 aliphatic rings. The number of rotatable bonds is 8. The molecule has 0 unspecified atom stereocenters. The number of carbonyl (C=O) groups is 1. The Labute approximate surface area is 160 Å². The predicted molar refractivity (Wildman–Crippen MR) is 109 cm³/mol. The minimum absolute atomic E-state index is 0.0628. The summed E-state index contributed by atoms with van der Waals surface area (Å²) in [5.74, 6) is -0.0628. The Kier molecular flexibility index (Phi) is 6.22. The second-order valence-electron chi connectivity index (χ2n) is 6.85. The number of hydrogen-bond acceptors (Lipinski definition) is 3. The van der Waals surface area contributed by atoms with Crippen LogP contribution in [0.4, 0.5) is 0 Å². The number of benzene rings is 1. The third kappa shape index (κ3) is 4.02. The minimum atomic E-state index is -0.0628. The first-order valence-electron chi connectivity index (χ1n) is 9.88. The lowest BCUT2D eigenvalue weighted by Gasteiger charge is -2.10. The molecule has 5 heteroatoms. The number of aromatic nitrogens is 3. The summed E-state index contributed by atoms with van der Waals surface area (Å²) in [6, 6.07) is 10.2. The van der Waals surface area contributed by atoms with Crippen LogP contribution < -0.4 is 5.32 Å². The first kappa shape index (κ1) is 19.1. The molecule has 0 fully saturated rings. The van der Waals surface area contributed by atoms with Gasteiger partial charge in [0.2, 0.25) is 0 Å². The maximum Gasteiger partial charge on any atom is 0.254 e. The first-order chi connectivity index (χ1) is 13.2. The summed E-state index contributed by atoms with van der Waals surface area (Å²) in [5.41, 5.74) is 5.35. The topological polar surface area (TPSA) is 59.3 Å². The van der Waals surface area contributed by atoms with Gasteiger partial charge in [-0.25, -0.2) is 9.50 Å². The molecule has 3 rings (SSSR count). The maximum absolute atomic E-state index is 12.7. The van der Waals surface area contributed by atoms with Crippen molar-refractivity contribution in [1.29, 1.82) is 0 Å². The largest absolute Gasteiger partial charge is 0.352 e. The zero-order valence-electron chi connectivity index (χ0n) is 16.5. The van der Waals surface area contributed by atoms with E-state index in [4.69, 9.17) is 5.10 Å². The minimum Gasteiger partial charge on any atom is -0.352 e. The fourth-order valence-corrected chi connectivity index (χ4v) is 3.46. The van der Waals surface area contributed by atoms with Crippen LogP contribution in [-0.4, -0.2) is 27.0 Å². The van der Waals surface area contributed by atoms with E-state index in [9.17, 15) is 4.79 Å². The Hall–Kier alpha value is -2.69. The number of fused-ring (bicyclic) bond motifs is 1. The summed E-state index contributed by atoms with van der Waals surface area (Å²) < 4.78 is 1.84. The number of hydrogen-bond donors (Lipinski definition) is 1. The third-order valence-corrected chi connectivity index (χ3v) is 4.88. The van der Waals surface area contributed by atoms with Crippen LogP contribution in [0.5, 0.6) is 0 Å². The van der Waals surface area contributed by atoms with E-state index in [2.05, 4.69) is 29.4 Å². The molecule has 0 saturated heterocycles. The van der Waals surface area contributed by atoms with Gasteiger partial charge in [-0.15, -0.1) is 0 Å². The van der Waals surface area contributed by atoms with Crippen molar-refractivity contribution >= 4 is 11.6 Å². The summed E-state index contributed by atoms with van der Waals surface area (Å²) in [6.45, 7) is 6.92. The maximum atomic E-state index is 12.7. The van der Waals surface area contributed by atoms with E-state index in [1.54, 1.807) is 6.20 Å². The highest BCUT2D eigenvalue weighted by atomic mass is 16.1. The molecule has 3 aromatic rings. The number of unbranched alkanes of at least 4 members (excludes halogenated alkanes) is 3. The molecule has 27 heavy (non-hydrogen) atoms. The van der Waals surface area contributed by atoms with E-state index in [0.717, 1.165) is 41.0 Å². The van der Waals surface area contributed by atoms with Crippen molar-refractivity contribution in [2.24, 2.45) is 0 Å². The molecule has 1 amide bonds. The van der Waals surface area contributed by atoms with E-state index in [1.807, 2.05) is 36.6 Å². The molecule has 1 aromatic carbocycles. The van der Waals surface area contributed by atoms with Crippen molar-refractivity contribution in [2.45, 2.75) is 52.9 Å². The quantitative estimate of drug-likeness (QED) is 0.595. The van der Waals surface area contributed by atoms with Crippen molar-refractivity contribution < 1.29 is 4.79 Å². The lowest BCUT2D eigenvalue weighted by molar-refractivity contribution is 0.0951. The highest BCUT2D eigenvalue weighted by Crippen LogP contribution is 2.28. The van der Waals surface area contributed by atoms with Gasteiger partial charge in [-0.05, 0) is 25.3 Å². The number of aryl methyl sites for hydroxylation is 2. The number of amides is 1. The standard InChI is InChI=1S/C22H28N4O/c1-4-6-7-11-14-23-22(27)18-15-24-21-20(17-12-9-8-10-13-17)16(3)25-26(21)19(18)5-2/h8-10,12-13,15H,4-7,11,14H2,1-3H3,(H,23,27). The van der Waals surface area contributed by atoms with Gasteiger partial charge in [-0.2, -0.15) is 5.10 Å². The zero-order valence-corrected chi connectivity index (χ0v) is 16.5. The molecule has 5 nitrogen and oxygen atoms in total. The van der Waals surface area contributed by atoms with E-state index >= 15 is 0 Å². The Balaban J connectivity index is 1.92. The Morgan fingerprint density at radius 3 is 2.59 bits per heavy atom. The van der Waals surface area contributed by atoms with Crippen LogP contribution in [0.15, 0.2) is 36.5 Å². The second-order valence-corrected chi connectivity index (χ2v) is 6.85. The van der Waals surface area contributed by atoms with Crippen molar-refractivity contribution in [3.63, 3.8) is 0 Å². The molecule has 0 aliphatic carbocycles. The van der Waals surface area contributed by atoms with Gasteiger partial charge in [0.15, 0.2) is 5.65 Å². The molecule has 0 aliphatic heterocycles. The molecule has 2 aromatic heterocycles. The lowest BCUT2D eigenvalue weighted by atomic mass is 10.1. The smallest absolute Gasteiger partial charge is 0.254 e. The van der Waals surface area contributed by atoms with Crippen LogP contribution in [0, 0.1) is 6.92 Å². The molecule has 1 N–H and O–H groups in total. The summed E-state index contributed by atoms with van der Waals surface area (Å²) in [6.07, 6.45) is 6.97. The molecular formula is C22H28N4O. The normalized spacial score (nSPS) is 11.1. The highest BCUT2D eigenvalue weighted by molar-refractivity contribution is 5.95. The number of carbonyl (C=O) groups excluding carboxylic acids is 1. The fourth-order valence-electron chi connectivity index (χ4n) is 3.46. The van der Waals surface area contributed by atoms with E-state index in [-0.39, 0.29) is 5.91 Å². The molecule has 0 bridgehead atoms. The summed E-state index contributed by atoms with van der Waals surface area (Å²) in [4.78, 5) is 17.3. The molecular weight excluding hydrogens is 336 g/mol. The van der Waals surface area contributed by atoms with Gasteiger partial charge in [0.05, 0.1) is 17.0 Å². The van der Waals surface area contributed by atoms with Crippen molar-refractivity contribution in [3.8, 4) is 11.1 Å². The SMILES string of the molecule is CCCCCCNC(=O)c1cnc2c(-c3ccccc3)c(C)nn2c1CC. The van der Waals surface area contributed by atoms with Crippen LogP contribution >= 0.6 is 0 Å². The van der Waals surface area contributed by atoms with E-state index < -0.39 is 0 Å². The van der Waals surface area contributed by atoms with Crippen LogP contribution in [0.25, 0.3) is 16.8 Å². The average Bonchev–Trinajstić information content (AvgIpc) is 3.03. The molecule has 0 saturated carbocycles. The van der Waals surface area contributed by atoms with Crippen molar-refractivity contribution in [1.82, 2.24) is 19.9 Å². The molecule has 0 spiro atoms. The summed E-state index contributed by atoms with van der Waals surface area (Å²) in [5, 5.41) is 7.73. The van der Waals surface area contributed by atoms with Gasteiger partial charge >= 0.3 is 0 Å². The molecule has 0 atom stereocenters. The van der Waals surface area contributed by atoms with E-state index in [1.165, 1.54) is 12.8 Å². The van der Waals surface area contributed by atoms with Gasteiger partial charge in [0, 0.05) is 18.3 Å². The summed E-state index contributed by atoms with van der Waals surface area (Å²) in [7, 11) is 0. The first-order valence-corrected chi connectivity index (χ1v) is 9.88. The number of nitrogens with zero attached hydrogens (tertiary/aromatic N) is 3. The van der Waals surface area contributed by atoms with Crippen molar-refractivity contribution in [2.75, 3.05) is 6.54 Å². The molecule has 142 valence electrons. The highest BCUT2D eigenvalue weighted by Gasteiger charge is 2.19. The van der Waals surface area contributed by atoms with Gasteiger partial charge in [-0.3, -0.25) is 4.79 Å². The van der Waals surface area contributed by atoms with Gasteiger partial charge in [0.1, 0.15) is 0 Å². The second kappa shape index (κ2) is 8.80. The van der Waals surface area contributed by atoms with Gasteiger partial charge in [0.25, 0.3) is 5.91 Å². The molecule has 0 radical (unpaired) electrons. The van der Waals surface area contributed by atoms with Crippen LogP contribution in [0.2, 0.25) is 0 Å². The van der Waals surface area contributed by atoms with Crippen LogP contribution in [0.1, 0.15) is 61.3 Å². The Bertz CT molecular complexity index is 915. The molecule has 2 heterocycles. The van der Waals surface area contributed by atoms with Crippen LogP contribution in [-0.2, 0) is 6.42 Å². The van der Waals surface area contributed by atoms with Crippen LogP contribution in [0.3, 0.4) is 0 Å².